The maximum Gasteiger partial charge on any atom is 0.224 e. The number of anilines is 8. The SMILES string of the molecule is C=C(N[C@@H]1C[C@H](C)N(C(C)=O)c2ccc(-c3cccc(NC(C)=O)c3)cc21)c1ccc(OC)cc1.C=C(N[C@@H]1C[C@H](C)N(C(C)=O)c2ccc(-c3cccc(NC(C)=O)c3)cc21)c1ccccc1.CC(=O)Nc1cccc(-c2ccc3c(c2)[C@H](NC(=O)Cc2ccccc2)C[C@H](C)N3C(C)=O)c1.CC(=O)Nc1cccc(-c2ccc3c(c2)[C@H](NCc2ccccc2)C[C@H](C)N3C(C)=O)c1. The second kappa shape index (κ2) is 44.1. The maximum atomic E-state index is 12.9. The molecule has 134 heavy (non-hydrogen) atoms. The van der Waals surface area contributed by atoms with E-state index < -0.39 is 0 Å². The largest absolute Gasteiger partial charge is 0.497 e. The van der Waals surface area contributed by atoms with Crippen LogP contribution in [0.5, 0.6) is 5.75 Å². The van der Waals surface area contributed by atoms with E-state index in [2.05, 4.69) is 107 Å². The summed E-state index contributed by atoms with van der Waals surface area (Å²) in [6.07, 6.45) is 3.29. The first-order valence-electron chi connectivity index (χ1n) is 45.3. The van der Waals surface area contributed by atoms with Crippen LogP contribution in [-0.2, 0) is 56.1 Å². The molecule has 0 unspecified atom stereocenters. The number of carbonyl (C=O) groups excluding carboxylic acids is 9. The van der Waals surface area contributed by atoms with Crippen molar-refractivity contribution in [3.63, 3.8) is 0 Å². The standard InChI is InChI=1S/C29H31N3O3.C28H29N3O3.C28H29N3O2.C27H29N3O2/c1-18-15-28(30-19(2)22-9-12-26(35-5)13-10-22)27-17-24(11-14-29(27)32(18)21(4)34)23-7-6-8-25(16-23)31-20(3)33;1-18-14-26(30-28(34)15-21-8-5-4-6-9-21)25-17-23(12-13-27(25)31(18)20(3)33)22-10-7-11-24(16-22)29-19(2)32;1-18-15-27(29-19(2)22-9-6-5-7-10-22)26-17-24(13-14-28(26)31(18)21(4)33)23-11-8-12-25(16-23)30-20(3)32;1-18-14-26(28-17-21-8-5-4-6-9-21)25-16-23(12-13-27(25)30(18)20(3)32)22-10-7-11-24(15-22)29-19(2)31/h6-14,16-18,28,30H,2,15H2,1,3-5H3,(H,31,33);4-13,16-18,26H,14-15H2,1-3H3,(H,29,32)(H,30,34);5-14,16-18,27,29H,2,15H2,1,3-4H3,(H,30,32);4-13,15-16,18,26,28H,14,17H2,1-3H3,(H,29,31)/t18-,28+;18-,26+;18-,27+;18-,26+/m0000/s1. The van der Waals surface area contributed by atoms with Crippen LogP contribution in [0.2, 0.25) is 0 Å². The number of hydrogen-bond acceptors (Lipinski definition) is 13. The zero-order valence-corrected chi connectivity index (χ0v) is 78.3. The zero-order chi connectivity index (χ0) is 95.6. The molecule has 8 atom stereocenters. The van der Waals surface area contributed by atoms with Gasteiger partial charge in [-0.25, -0.2) is 0 Å². The Bertz CT molecular complexity index is 6340. The molecule has 8 N–H and O–H groups in total. The highest BCUT2D eigenvalue weighted by atomic mass is 16.5. The number of ether oxygens (including phenoxy) is 1. The fourth-order valence-corrected chi connectivity index (χ4v) is 18.5. The van der Waals surface area contributed by atoms with E-state index in [1.165, 1.54) is 33.3 Å². The van der Waals surface area contributed by atoms with Crippen LogP contribution in [0.25, 0.3) is 55.9 Å². The smallest absolute Gasteiger partial charge is 0.224 e. The number of amides is 9. The van der Waals surface area contributed by atoms with Crippen LogP contribution in [0.4, 0.5) is 45.5 Å². The number of hydrogen-bond donors (Lipinski definition) is 8. The van der Waals surface area contributed by atoms with Crippen molar-refractivity contribution in [2.24, 2.45) is 0 Å². The minimum Gasteiger partial charge on any atom is -0.497 e. The van der Waals surface area contributed by atoms with Crippen molar-refractivity contribution in [2.45, 2.75) is 170 Å². The summed E-state index contributed by atoms with van der Waals surface area (Å²) < 4.78 is 5.27. The molecular weight excluding hydrogens is 1670 g/mol. The second-order valence-electron chi connectivity index (χ2n) is 34.7. The van der Waals surface area contributed by atoms with Crippen LogP contribution in [-0.4, -0.2) is 84.4 Å². The minimum absolute atomic E-state index is 0.0109. The van der Waals surface area contributed by atoms with Gasteiger partial charge in [-0.3, -0.25) is 43.2 Å². The van der Waals surface area contributed by atoms with Crippen LogP contribution in [0.1, 0.15) is 177 Å². The van der Waals surface area contributed by atoms with Gasteiger partial charge in [-0.05, 0) is 264 Å². The lowest BCUT2D eigenvalue weighted by Gasteiger charge is -2.40. The van der Waals surface area contributed by atoms with Crippen LogP contribution >= 0.6 is 0 Å². The van der Waals surface area contributed by atoms with E-state index in [1.54, 1.807) is 39.7 Å². The van der Waals surface area contributed by atoms with Crippen molar-refractivity contribution >= 4 is 110 Å². The molecule has 0 saturated carbocycles. The molecule has 0 spiro atoms. The molecule has 0 radical (unpaired) electrons. The fraction of sp³-hybridized carbons (Fsp3) is 0.241. The van der Waals surface area contributed by atoms with E-state index in [0.29, 0.717) is 12.8 Å². The summed E-state index contributed by atoms with van der Waals surface area (Å²) in [5.74, 6) is 0.385. The molecule has 4 aliphatic rings. The third kappa shape index (κ3) is 24.3. The molecule has 12 aromatic rings. The Balaban J connectivity index is 0.000000152. The van der Waals surface area contributed by atoms with E-state index in [4.69, 9.17) is 4.74 Å². The highest BCUT2D eigenvalue weighted by Crippen LogP contribution is 2.46. The summed E-state index contributed by atoms with van der Waals surface area (Å²) in [5.41, 5.74) is 24.6. The molecule has 16 rings (SSSR count). The monoisotopic (exact) mass is 1790 g/mol. The lowest BCUT2D eigenvalue weighted by molar-refractivity contribution is -0.121. The molecule has 0 fully saturated rings. The number of benzene rings is 12. The van der Waals surface area contributed by atoms with Crippen LogP contribution in [0.3, 0.4) is 0 Å². The van der Waals surface area contributed by atoms with Gasteiger partial charge < -0.3 is 66.9 Å². The molecule has 4 heterocycles. The van der Waals surface area contributed by atoms with Gasteiger partial charge in [0.05, 0.1) is 31.7 Å². The topological polar surface area (TPSA) is 272 Å². The quantitative estimate of drug-likeness (QED) is 0.0333. The normalized spacial score (nSPS) is 17.1. The van der Waals surface area contributed by atoms with E-state index in [9.17, 15) is 43.2 Å². The first-order chi connectivity index (χ1) is 64.3. The van der Waals surface area contributed by atoms with Crippen LogP contribution < -0.4 is 66.9 Å². The average Bonchev–Trinajstić information content (AvgIpc) is 0.776. The first-order valence-corrected chi connectivity index (χ1v) is 45.3. The molecule has 9 amide bonds. The van der Waals surface area contributed by atoms with Crippen molar-refractivity contribution in [1.82, 2.24) is 21.3 Å². The summed E-state index contributed by atoms with van der Waals surface area (Å²) in [6, 6.07) is 93.5. The Morgan fingerprint density at radius 1 is 0.306 bits per heavy atom. The van der Waals surface area contributed by atoms with Gasteiger partial charge in [0.2, 0.25) is 53.2 Å². The van der Waals surface area contributed by atoms with Crippen LogP contribution in [0.15, 0.2) is 298 Å². The highest BCUT2D eigenvalue weighted by Gasteiger charge is 2.38. The van der Waals surface area contributed by atoms with Gasteiger partial charge in [0.15, 0.2) is 0 Å². The third-order valence-corrected chi connectivity index (χ3v) is 24.3. The number of carbonyl (C=O) groups is 9. The van der Waals surface area contributed by atoms with Crippen molar-refractivity contribution in [2.75, 3.05) is 48.0 Å². The Morgan fingerprint density at radius 2 is 0.582 bits per heavy atom. The third-order valence-electron chi connectivity index (χ3n) is 24.3. The molecule has 0 bridgehead atoms. The van der Waals surface area contributed by atoms with Gasteiger partial charge >= 0.3 is 0 Å². The predicted octanol–water partition coefficient (Wildman–Crippen LogP) is 21.7. The van der Waals surface area contributed by atoms with E-state index in [-0.39, 0.29) is 101 Å². The average molecular weight is 1790 g/mol. The zero-order valence-electron chi connectivity index (χ0n) is 78.3. The molecule has 0 saturated heterocycles. The number of nitrogens with zero attached hydrogens (tertiary/aromatic N) is 4. The fourth-order valence-electron chi connectivity index (χ4n) is 18.5. The first kappa shape index (κ1) is 96.3. The Hall–Kier alpha value is -15.3. The summed E-state index contributed by atoms with van der Waals surface area (Å²) in [5, 5.41) is 25.5. The predicted molar refractivity (Wildman–Crippen MR) is 540 cm³/mol. The van der Waals surface area contributed by atoms with Gasteiger partial charge in [-0.2, -0.15) is 0 Å². The van der Waals surface area contributed by atoms with Gasteiger partial charge in [0.1, 0.15) is 5.75 Å². The van der Waals surface area contributed by atoms with E-state index >= 15 is 0 Å². The number of fused-ring (bicyclic) bond motifs is 4. The molecule has 0 aromatic heterocycles. The number of nitrogens with one attached hydrogen (secondary N) is 8. The number of methoxy groups -OCH3 is 1. The summed E-state index contributed by atoms with van der Waals surface area (Å²) in [6.45, 7) is 29.9. The second-order valence-corrected chi connectivity index (χ2v) is 34.7. The van der Waals surface area contributed by atoms with Gasteiger partial charge in [-0.1, -0.05) is 177 Å². The molecular formula is C112H118N12O10. The molecule has 4 aliphatic heterocycles. The van der Waals surface area contributed by atoms with Crippen LogP contribution in [0, 0.1) is 0 Å². The van der Waals surface area contributed by atoms with Crippen molar-refractivity contribution in [1.29, 1.82) is 0 Å². The summed E-state index contributed by atoms with van der Waals surface area (Å²) in [4.78, 5) is 116. The Morgan fingerprint density at radius 3 is 0.888 bits per heavy atom. The van der Waals surface area contributed by atoms with E-state index in [0.717, 1.165) is 172 Å². The number of rotatable bonds is 21. The Labute approximate surface area is 785 Å². The van der Waals surface area contributed by atoms with Gasteiger partial charge in [0, 0.05) is 149 Å². The van der Waals surface area contributed by atoms with Crippen molar-refractivity contribution < 1.29 is 47.9 Å². The van der Waals surface area contributed by atoms with E-state index in [1.807, 2.05) is 276 Å². The molecule has 12 aromatic carbocycles. The summed E-state index contributed by atoms with van der Waals surface area (Å²) in [7, 11) is 1.65. The van der Waals surface area contributed by atoms with Crippen molar-refractivity contribution in [3.8, 4) is 50.3 Å². The lowest BCUT2D eigenvalue weighted by Crippen LogP contribution is -2.45. The molecule has 0 aliphatic carbocycles. The van der Waals surface area contributed by atoms with Crippen molar-refractivity contribution in [3.05, 3.63) is 343 Å². The summed E-state index contributed by atoms with van der Waals surface area (Å²) >= 11 is 0. The molecule has 686 valence electrons. The maximum absolute atomic E-state index is 12.9. The lowest BCUT2D eigenvalue weighted by atomic mass is 9.88. The highest BCUT2D eigenvalue weighted by molar-refractivity contribution is 5.99. The van der Waals surface area contributed by atoms with Gasteiger partial charge in [0.25, 0.3) is 0 Å². The molecule has 22 heteroatoms. The molecule has 22 nitrogen and oxygen atoms in total. The minimum atomic E-state index is -0.213. The Kier molecular flexibility index (Phi) is 31.7. The van der Waals surface area contributed by atoms with Gasteiger partial charge in [-0.15, -0.1) is 0 Å².